The van der Waals surface area contributed by atoms with Gasteiger partial charge in [0, 0.05) is 31.0 Å². The number of fused-ring (bicyclic) bond motifs is 1. The van der Waals surface area contributed by atoms with Crippen molar-refractivity contribution in [3.8, 4) is 18.2 Å². The Morgan fingerprint density at radius 1 is 1.32 bits per heavy atom. The lowest BCUT2D eigenvalue weighted by molar-refractivity contribution is 0.174. The highest BCUT2D eigenvalue weighted by atomic mass is 16.3. The average molecular weight is 333 g/mol. The highest BCUT2D eigenvalue weighted by molar-refractivity contribution is 5.59. The first-order valence-corrected chi connectivity index (χ1v) is 8.19. The molecule has 0 bridgehead atoms. The van der Waals surface area contributed by atoms with Gasteiger partial charge >= 0.3 is 0 Å². The minimum absolute atomic E-state index is 0.0479. The third-order valence-corrected chi connectivity index (χ3v) is 5.33. The fourth-order valence-electron chi connectivity index (χ4n) is 3.95. The first-order valence-electron chi connectivity index (χ1n) is 8.19. The molecule has 0 fully saturated rings. The molecule has 1 aliphatic heterocycles. The monoisotopic (exact) mass is 333 g/mol. The summed E-state index contributed by atoms with van der Waals surface area (Å²) in [5.41, 5.74) is 6.54. The Labute approximate surface area is 147 Å². The fourth-order valence-corrected chi connectivity index (χ4v) is 3.95. The van der Waals surface area contributed by atoms with E-state index in [4.69, 9.17) is 10.2 Å². The number of hydrogen-bond donors (Lipinski definition) is 1. The van der Waals surface area contributed by atoms with Crippen molar-refractivity contribution < 1.29 is 4.42 Å². The average Bonchev–Trinajstić information content (AvgIpc) is 3.14. The Kier molecular flexibility index (Phi) is 4.13. The van der Waals surface area contributed by atoms with Crippen molar-refractivity contribution in [3.05, 3.63) is 47.1 Å². The van der Waals surface area contributed by atoms with Gasteiger partial charge in [-0.15, -0.1) is 0 Å². The highest BCUT2D eigenvalue weighted by Crippen LogP contribution is 2.54. The summed E-state index contributed by atoms with van der Waals surface area (Å²) in [5, 5.41) is 29.4. The van der Waals surface area contributed by atoms with Crippen molar-refractivity contribution in [2.75, 3.05) is 13.1 Å². The molecule has 25 heavy (non-hydrogen) atoms. The lowest BCUT2D eigenvalue weighted by Gasteiger charge is -2.46. The van der Waals surface area contributed by atoms with E-state index in [1.807, 2.05) is 6.08 Å². The van der Waals surface area contributed by atoms with E-state index >= 15 is 0 Å². The fraction of sp³-hybridized carbons (Fsp3) is 0.421. The van der Waals surface area contributed by atoms with Gasteiger partial charge in [0.05, 0.1) is 35.9 Å². The molecule has 3 rings (SSSR count). The van der Waals surface area contributed by atoms with Gasteiger partial charge in [0.1, 0.15) is 6.07 Å². The molecular weight excluding hydrogens is 314 g/mol. The molecule has 1 aromatic heterocycles. The van der Waals surface area contributed by atoms with Gasteiger partial charge in [0.25, 0.3) is 0 Å². The second-order valence-corrected chi connectivity index (χ2v) is 6.78. The van der Waals surface area contributed by atoms with E-state index in [0.717, 1.165) is 11.1 Å². The molecule has 0 unspecified atom stereocenters. The Balaban J connectivity index is 2.28. The zero-order chi connectivity index (χ0) is 18.2. The Bertz CT molecular complexity index is 843. The molecule has 0 amide bonds. The van der Waals surface area contributed by atoms with Gasteiger partial charge < -0.3 is 10.2 Å². The maximum absolute atomic E-state index is 9.90. The molecule has 0 radical (unpaired) electrons. The van der Waals surface area contributed by atoms with Crippen LogP contribution in [-0.2, 0) is 0 Å². The highest BCUT2D eigenvalue weighted by Gasteiger charge is 2.54. The lowest BCUT2D eigenvalue weighted by atomic mass is 9.58. The lowest BCUT2D eigenvalue weighted by Crippen LogP contribution is -2.49. The summed E-state index contributed by atoms with van der Waals surface area (Å²) in [4.78, 5) is 2.26. The van der Waals surface area contributed by atoms with Gasteiger partial charge in [0.15, 0.2) is 5.41 Å². The van der Waals surface area contributed by atoms with Crippen molar-refractivity contribution in [1.82, 2.24) is 4.90 Å². The summed E-state index contributed by atoms with van der Waals surface area (Å²) in [7, 11) is 0. The second kappa shape index (κ2) is 6.13. The van der Waals surface area contributed by atoms with Crippen LogP contribution in [-0.4, -0.2) is 24.0 Å². The minimum atomic E-state index is -1.59. The van der Waals surface area contributed by atoms with Gasteiger partial charge in [-0.05, 0) is 31.1 Å². The van der Waals surface area contributed by atoms with Gasteiger partial charge in [-0.3, -0.25) is 4.90 Å². The van der Waals surface area contributed by atoms with Crippen molar-refractivity contribution in [3.63, 3.8) is 0 Å². The molecule has 6 heteroatoms. The Morgan fingerprint density at radius 2 is 2.04 bits per heavy atom. The van der Waals surface area contributed by atoms with Gasteiger partial charge in [-0.2, -0.15) is 15.8 Å². The van der Waals surface area contributed by atoms with Crippen LogP contribution in [0.1, 0.15) is 25.3 Å². The molecule has 126 valence electrons. The number of nitriles is 3. The zero-order valence-corrected chi connectivity index (χ0v) is 14.2. The van der Waals surface area contributed by atoms with E-state index in [-0.39, 0.29) is 17.2 Å². The van der Waals surface area contributed by atoms with Gasteiger partial charge in [-0.1, -0.05) is 6.08 Å². The Morgan fingerprint density at radius 3 is 2.56 bits per heavy atom. The zero-order valence-electron chi connectivity index (χ0n) is 14.2. The van der Waals surface area contributed by atoms with Gasteiger partial charge in [0.2, 0.25) is 0 Å². The third kappa shape index (κ3) is 2.33. The SMILES string of the molecule is CC(C)N1CC=C2C(C#N)=C(N)C(C#N)(C#N)[C@H](c3ccoc3)[C@H]2C1. The molecule has 2 aliphatic rings. The summed E-state index contributed by atoms with van der Waals surface area (Å²) >= 11 is 0. The number of furan rings is 1. The third-order valence-electron chi connectivity index (χ3n) is 5.33. The molecule has 2 N–H and O–H groups in total. The summed E-state index contributed by atoms with van der Waals surface area (Å²) in [6, 6.07) is 8.44. The van der Waals surface area contributed by atoms with E-state index in [2.05, 4.69) is 37.0 Å². The van der Waals surface area contributed by atoms with Crippen LogP contribution in [0.15, 0.2) is 45.9 Å². The normalized spacial score (nSPS) is 25.5. The van der Waals surface area contributed by atoms with Crippen molar-refractivity contribution in [2.45, 2.75) is 25.8 Å². The molecule has 6 nitrogen and oxygen atoms in total. The van der Waals surface area contributed by atoms with E-state index in [9.17, 15) is 15.8 Å². The predicted octanol–water partition coefficient (Wildman–Crippen LogP) is 2.41. The number of allylic oxidation sites excluding steroid dienone is 2. The topological polar surface area (TPSA) is 114 Å². The maximum atomic E-state index is 9.90. The number of hydrogen-bond acceptors (Lipinski definition) is 6. The van der Waals surface area contributed by atoms with Crippen LogP contribution < -0.4 is 5.73 Å². The summed E-state index contributed by atoms with van der Waals surface area (Å²) < 4.78 is 5.22. The molecule has 0 spiro atoms. The van der Waals surface area contributed by atoms with Crippen LogP contribution in [0, 0.1) is 45.3 Å². The molecule has 0 saturated carbocycles. The smallest absolute Gasteiger partial charge is 0.191 e. The van der Waals surface area contributed by atoms with E-state index in [0.29, 0.717) is 19.1 Å². The quantitative estimate of drug-likeness (QED) is 0.889. The van der Waals surface area contributed by atoms with Crippen molar-refractivity contribution in [1.29, 1.82) is 15.8 Å². The van der Waals surface area contributed by atoms with Gasteiger partial charge in [-0.25, -0.2) is 0 Å². The van der Waals surface area contributed by atoms with Crippen LogP contribution in [0.25, 0.3) is 0 Å². The predicted molar refractivity (Wildman–Crippen MR) is 90.2 cm³/mol. The van der Waals surface area contributed by atoms with Crippen LogP contribution in [0.4, 0.5) is 0 Å². The molecular formula is C19H19N5O. The molecule has 1 aliphatic carbocycles. The van der Waals surface area contributed by atoms with E-state index in [1.54, 1.807) is 12.3 Å². The van der Waals surface area contributed by atoms with Crippen LogP contribution in [0.5, 0.6) is 0 Å². The molecule has 1 aromatic rings. The van der Waals surface area contributed by atoms with Crippen molar-refractivity contribution >= 4 is 0 Å². The first kappa shape index (κ1) is 16.8. The van der Waals surface area contributed by atoms with E-state index in [1.165, 1.54) is 6.26 Å². The first-order chi connectivity index (χ1) is 12.0. The molecule has 0 saturated heterocycles. The van der Waals surface area contributed by atoms with Crippen molar-refractivity contribution in [2.24, 2.45) is 17.1 Å². The minimum Gasteiger partial charge on any atom is -0.472 e. The van der Waals surface area contributed by atoms with Crippen LogP contribution >= 0.6 is 0 Å². The Hall–Kier alpha value is -3.01. The van der Waals surface area contributed by atoms with Crippen LogP contribution in [0.2, 0.25) is 0 Å². The number of nitrogens with two attached hydrogens (primary N) is 1. The van der Waals surface area contributed by atoms with E-state index < -0.39 is 11.3 Å². The summed E-state index contributed by atoms with van der Waals surface area (Å²) in [6.45, 7) is 5.58. The molecule has 2 heterocycles. The molecule has 2 atom stereocenters. The number of nitrogens with zero attached hydrogens (tertiary/aromatic N) is 4. The second-order valence-electron chi connectivity index (χ2n) is 6.78. The standard InChI is InChI=1S/C19H19N5O/c1-12(2)24-5-3-14-15(7-20)18(23)19(10-21,11-22)17(16(14)8-24)13-4-6-25-9-13/h3-4,6,9,12,16-17H,5,8,23H2,1-2H3/t16-,17+/m0/s1. The summed E-state index contributed by atoms with van der Waals surface area (Å²) in [6.07, 6.45) is 5.09. The largest absolute Gasteiger partial charge is 0.472 e. The number of rotatable bonds is 2. The summed E-state index contributed by atoms with van der Waals surface area (Å²) in [5.74, 6) is -0.652. The molecule has 0 aromatic carbocycles. The van der Waals surface area contributed by atoms with Crippen LogP contribution in [0.3, 0.4) is 0 Å². The maximum Gasteiger partial charge on any atom is 0.191 e.